The molecule has 0 nitrogen and oxygen atoms in total. The Morgan fingerprint density at radius 1 is 0.264 bits per heavy atom. The molecule has 0 aromatic carbocycles. The van der Waals surface area contributed by atoms with Crippen LogP contribution in [0.3, 0.4) is 0 Å². The van der Waals surface area contributed by atoms with E-state index in [0.717, 1.165) is 11.8 Å². The summed E-state index contributed by atoms with van der Waals surface area (Å²) >= 11 is 0. The molecule has 0 fully saturated rings. The molecular formula is C53H108. The van der Waals surface area contributed by atoms with E-state index in [1.165, 1.54) is 238 Å². The lowest BCUT2D eigenvalue weighted by atomic mass is 9.47. The predicted molar refractivity (Wildman–Crippen MR) is 247 cm³/mol. The second-order valence-electron chi connectivity index (χ2n) is 19.2. The fourth-order valence-electron chi connectivity index (χ4n) is 10.6. The molecule has 0 aliphatic rings. The normalized spacial score (nSPS) is 14.9. The molecule has 0 bridgehead atoms. The van der Waals surface area contributed by atoms with Gasteiger partial charge in [-0.25, -0.2) is 0 Å². The van der Waals surface area contributed by atoms with Crippen LogP contribution in [0, 0.1) is 22.7 Å². The molecule has 0 aliphatic carbocycles. The van der Waals surface area contributed by atoms with Crippen molar-refractivity contribution >= 4 is 0 Å². The maximum Gasteiger partial charge on any atom is -0.0213 e. The van der Waals surface area contributed by atoms with Gasteiger partial charge in [0.15, 0.2) is 0 Å². The molecule has 0 spiro atoms. The lowest BCUT2D eigenvalue weighted by Crippen LogP contribution is -2.48. The predicted octanol–water partition coefficient (Wildman–Crippen LogP) is 20.3. The SMILES string of the molecule is CCCCCCCCCCC(CCCCCCC)(CCCCCCCC)C(CCCCCC)(CCC(C)C)C(CCCCC)CCCCCCCCC. The first-order valence-electron chi connectivity index (χ1n) is 25.9. The van der Waals surface area contributed by atoms with E-state index in [1.54, 1.807) is 25.7 Å². The van der Waals surface area contributed by atoms with Gasteiger partial charge in [0.1, 0.15) is 0 Å². The summed E-state index contributed by atoms with van der Waals surface area (Å²) in [5, 5.41) is 0. The van der Waals surface area contributed by atoms with Gasteiger partial charge in [0.2, 0.25) is 0 Å². The number of unbranched alkanes of at least 4 members (excludes halogenated alkanes) is 27. The molecule has 0 rings (SSSR count). The van der Waals surface area contributed by atoms with E-state index in [1.807, 2.05) is 0 Å². The Hall–Kier alpha value is 0. The van der Waals surface area contributed by atoms with Crippen molar-refractivity contribution in [1.82, 2.24) is 0 Å². The first-order valence-corrected chi connectivity index (χ1v) is 25.9. The van der Waals surface area contributed by atoms with Crippen molar-refractivity contribution in [2.45, 2.75) is 319 Å². The zero-order valence-electron chi connectivity index (χ0n) is 39.1. The van der Waals surface area contributed by atoms with Crippen molar-refractivity contribution < 1.29 is 0 Å². The van der Waals surface area contributed by atoms with Crippen LogP contribution in [-0.2, 0) is 0 Å². The zero-order valence-corrected chi connectivity index (χ0v) is 39.1. The average Bonchev–Trinajstić information content (AvgIpc) is 3.15. The summed E-state index contributed by atoms with van der Waals surface area (Å²) in [6.07, 6.45) is 60.3. The Balaban J connectivity index is 7.01. The summed E-state index contributed by atoms with van der Waals surface area (Å²) in [5.74, 6) is 1.76. The first-order chi connectivity index (χ1) is 25.9. The van der Waals surface area contributed by atoms with Crippen molar-refractivity contribution in [3.8, 4) is 0 Å². The van der Waals surface area contributed by atoms with Gasteiger partial charge in [-0.05, 0) is 67.6 Å². The van der Waals surface area contributed by atoms with Crippen molar-refractivity contribution in [2.75, 3.05) is 0 Å². The van der Waals surface area contributed by atoms with Crippen LogP contribution in [0.1, 0.15) is 319 Å². The maximum atomic E-state index is 2.56. The van der Waals surface area contributed by atoms with Crippen molar-refractivity contribution in [1.29, 1.82) is 0 Å². The molecule has 0 aliphatic heterocycles. The second kappa shape index (κ2) is 38.9. The quantitative estimate of drug-likeness (QED) is 0.0545. The van der Waals surface area contributed by atoms with E-state index in [0.29, 0.717) is 10.8 Å². The van der Waals surface area contributed by atoms with Crippen LogP contribution in [0.15, 0.2) is 0 Å². The summed E-state index contributed by atoms with van der Waals surface area (Å²) in [6, 6.07) is 0. The summed E-state index contributed by atoms with van der Waals surface area (Å²) in [4.78, 5) is 0. The molecule has 0 aromatic rings. The number of hydrogen-bond donors (Lipinski definition) is 0. The van der Waals surface area contributed by atoms with Crippen LogP contribution in [-0.4, -0.2) is 0 Å². The third kappa shape index (κ3) is 26.5. The highest BCUT2D eigenvalue weighted by Gasteiger charge is 2.52. The summed E-state index contributed by atoms with van der Waals surface area (Å²) in [5.41, 5.74) is 1.08. The van der Waals surface area contributed by atoms with E-state index in [9.17, 15) is 0 Å². The van der Waals surface area contributed by atoms with Gasteiger partial charge in [-0.15, -0.1) is 0 Å². The molecular weight excluding hydrogens is 637 g/mol. The molecule has 0 radical (unpaired) electrons. The van der Waals surface area contributed by atoms with E-state index < -0.39 is 0 Å². The van der Waals surface area contributed by atoms with Crippen LogP contribution >= 0.6 is 0 Å². The van der Waals surface area contributed by atoms with Crippen molar-refractivity contribution in [2.24, 2.45) is 22.7 Å². The van der Waals surface area contributed by atoms with Crippen LogP contribution < -0.4 is 0 Å². The number of rotatable bonds is 44. The lowest BCUT2D eigenvalue weighted by molar-refractivity contribution is -0.0777. The average molecular weight is 745 g/mol. The minimum atomic E-state index is 0.538. The van der Waals surface area contributed by atoms with Crippen LogP contribution in [0.5, 0.6) is 0 Å². The molecule has 0 amide bonds. The van der Waals surface area contributed by atoms with Gasteiger partial charge < -0.3 is 0 Å². The maximum absolute atomic E-state index is 2.56. The fourth-order valence-corrected chi connectivity index (χ4v) is 10.6. The minimum absolute atomic E-state index is 0.538. The Morgan fingerprint density at radius 3 is 0.887 bits per heavy atom. The summed E-state index contributed by atoms with van der Waals surface area (Å²) in [7, 11) is 0. The molecule has 0 heterocycles. The lowest BCUT2D eigenvalue weighted by Gasteiger charge is -2.57. The summed E-state index contributed by atoms with van der Waals surface area (Å²) in [6.45, 7) is 19.5. The van der Waals surface area contributed by atoms with Crippen molar-refractivity contribution in [3.63, 3.8) is 0 Å². The molecule has 0 heteroatoms. The van der Waals surface area contributed by atoms with E-state index in [4.69, 9.17) is 0 Å². The molecule has 53 heavy (non-hydrogen) atoms. The fraction of sp³-hybridized carbons (Fsp3) is 1.00. The van der Waals surface area contributed by atoms with Gasteiger partial charge in [0.25, 0.3) is 0 Å². The molecule has 0 saturated carbocycles. The second-order valence-corrected chi connectivity index (χ2v) is 19.2. The molecule has 3 atom stereocenters. The highest BCUT2D eigenvalue weighted by atomic mass is 14.6. The smallest absolute Gasteiger partial charge is 0.0213 e. The third-order valence-electron chi connectivity index (χ3n) is 14.1. The Morgan fingerprint density at radius 2 is 0.528 bits per heavy atom. The summed E-state index contributed by atoms with van der Waals surface area (Å²) < 4.78 is 0. The standard InChI is InChI=1S/C53H108/c1-9-15-21-26-29-31-35-40-47-52(45-38-33-24-18-12-4,46-39-34-28-23-17-11-3)53(49-44-50(7)8,48-41-25-19-13-5)51(42-36-20-14-6)43-37-32-30-27-22-16-10-2/h50-51H,9-49H2,1-8H3. The van der Waals surface area contributed by atoms with Gasteiger partial charge in [0, 0.05) is 0 Å². The first kappa shape index (κ1) is 53.0. The van der Waals surface area contributed by atoms with Crippen LogP contribution in [0.25, 0.3) is 0 Å². The van der Waals surface area contributed by atoms with Gasteiger partial charge in [-0.2, -0.15) is 0 Å². The highest BCUT2D eigenvalue weighted by molar-refractivity contribution is 5.02. The minimum Gasteiger partial charge on any atom is -0.0654 e. The highest BCUT2D eigenvalue weighted by Crippen LogP contribution is 2.62. The molecule has 0 saturated heterocycles. The topological polar surface area (TPSA) is 0 Å². The third-order valence-corrected chi connectivity index (χ3v) is 14.1. The van der Waals surface area contributed by atoms with E-state index in [2.05, 4.69) is 55.4 Å². The monoisotopic (exact) mass is 745 g/mol. The van der Waals surface area contributed by atoms with Gasteiger partial charge in [0.05, 0.1) is 0 Å². The molecule has 0 aromatic heterocycles. The van der Waals surface area contributed by atoms with Gasteiger partial charge >= 0.3 is 0 Å². The molecule has 0 N–H and O–H groups in total. The van der Waals surface area contributed by atoms with Crippen LogP contribution in [0.2, 0.25) is 0 Å². The van der Waals surface area contributed by atoms with Crippen molar-refractivity contribution in [3.05, 3.63) is 0 Å². The van der Waals surface area contributed by atoms with Gasteiger partial charge in [-0.3, -0.25) is 0 Å². The largest absolute Gasteiger partial charge is 0.0654 e. The molecule has 3 unspecified atom stereocenters. The Labute approximate surface area is 340 Å². The van der Waals surface area contributed by atoms with E-state index in [-0.39, 0.29) is 0 Å². The molecule has 320 valence electrons. The van der Waals surface area contributed by atoms with E-state index >= 15 is 0 Å². The Bertz CT molecular complexity index is 692. The Kier molecular flexibility index (Phi) is 38.9. The van der Waals surface area contributed by atoms with Gasteiger partial charge in [-0.1, -0.05) is 274 Å². The number of hydrogen-bond acceptors (Lipinski definition) is 0. The van der Waals surface area contributed by atoms with Crippen LogP contribution in [0.4, 0.5) is 0 Å². The zero-order chi connectivity index (χ0) is 39.1.